The van der Waals surface area contributed by atoms with E-state index in [0.717, 1.165) is 52.9 Å². The fourth-order valence-electron chi connectivity index (χ4n) is 4.74. The molecule has 0 radical (unpaired) electrons. The first-order valence-electron chi connectivity index (χ1n) is 12.4. The number of rotatable bonds is 8. The standard InChI is InChI=1S/C28H30ClN5O3/c1-18-30-19(2)34(32-18)17-27(35)33(16-25-5-4-12-37-25)15-22-13-21-6-9-23(29)14-26(21)31-28(22)20-7-10-24(36-3)11-8-20/h6-11,13-14,25H,4-5,12,15-17H2,1-3H3/t25-/m1/s1. The van der Waals surface area contributed by atoms with Crippen molar-refractivity contribution in [2.75, 3.05) is 20.3 Å². The zero-order valence-electron chi connectivity index (χ0n) is 21.3. The Morgan fingerprint density at radius 3 is 2.65 bits per heavy atom. The molecule has 0 N–H and O–H groups in total. The van der Waals surface area contributed by atoms with Gasteiger partial charge in [0.1, 0.15) is 23.9 Å². The lowest BCUT2D eigenvalue weighted by molar-refractivity contribution is -0.134. The number of amides is 1. The molecule has 1 fully saturated rings. The van der Waals surface area contributed by atoms with Gasteiger partial charge in [-0.25, -0.2) is 14.6 Å². The number of aryl methyl sites for hydroxylation is 2. The van der Waals surface area contributed by atoms with Crippen LogP contribution in [-0.2, 0) is 22.6 Å². The molecule has 0 bridgehead atoms. The van der Waals surface area contributed by atoms with Crippen LogP contribution in [0.4, 0.5) is 0 Å². The molecule has 5 rings (SSSR count). The van der Waals surface area contributed by atoms with Crippen molar-refractivity contribution in [3.63, 3.8) is 0 Å². The molecule has 1 amide bonds. The molecule has 192 valence electrons. The highest BCUT2D eigenvalue weighted by molar-refractivity contribution is 6.31. The Kier molecular flexibility index (Phi) is 7.39. The quantitative estimate of drug-likeness (QED) is 0.326. The summed E-state index contributed by atoms with van der Waals surface area (Å²) in [5, 5.41) is 5.98. The fourth-order valence-corrected chi connectivity index (χ4v) is 4.90. The normalized spacial score (nSPS) is 15.3. The van der Waals surface area contributed by atoms with Gasteiger partial charge in [0.05, 0.1) is 24.4 Å². The summed E-state index contributed by atoms with van der Waals surface area (Å²) >= 11 is 6.27. The highest BCUT2D eigenvalue weighted by Gasteiger charge is 2.25. The minimum atomic E-state index is -0.0413. The van der Waals surface area contributed by atoms with E-state index in [9.17, 15) is 4.79 Å². The maximum Gasteiger partial charge on any atom is 0.244 e. The number of hydrogen-bond acceptors (Lipinski definition) is 6. The lowest BCUT2D eigenvalue weighted by Crippen LogP contribution is -2.39. The number of hydrogen-bond donors (Lipinski definition) is 0. The Balaban J connectivity index is 1.53. The van der Waals surface area contributed by atoms with Crippen LogP contribution in [-0.4, -0.2) is 56.9 Å². The molecule has 37 heavy (non-hydrogen) atoms. The molecule has 1 saturated heterocycles. The summed E-state index contributed by atoms with van der Waals surface area (Å²) in [4.78, 5) is 24.8. The minimum absolute atomic E-state index is 0.0131. The van der Waals surface area contributed by atoms with Crippen LogP contribution in [0.2, 0.25) is 5.02 Å². The van der Waals surface area contributed by atoms with Crippen molar-refractivity contribution in [2.24, 2.45) is 0 Å². The van der Waals surface area contributed by atoms with Gasteiger partial charge < -0.3 is 14.4 Å². The van der Waals surface area contributed by atoms with Crippen LogP contribution in [0.15, 0.2) is 48.5 Å². The van der Waals surface area contributed by atoms with Crippen LogP contribution in [0.3, 0.4) is 0 Å². The number of benzene rings is 2. The third-order valence-electron chi connectivity index (χ3n) is 6.63. The summed E-state index contributed by atoms with van der Waals surface area (Å²) < 4.78 is 12.9. The van der Waals surface area contributed by atoms with Crippen LogP contribution < -0.4 is 4.74 Å². The molecule has 0 aliphatic carbocycles. The maximum absolute atomic E-state index is 13.6. The second kappa shape index (κ2) is 10.9. The van der Waals surface area contributed by atoms with Crippen LogP contribution in [0.5, 0.6) is 5.75 Å². The highest BCUT2D eigenvalue weighted by atomic mass is 35.5. The Morgan fingerprint density at radius 1 is 1.16 bits per heavy atom. The van der Waals surface area contributed by atoms with Gasteiger partial charge >= 0.3 is 0 Å². The number of aromatic nitrogens is 4. The van der Waals surface area contributed by atoms with Gasteiger partial charge in [-0.15, -0.1) is 0 Å². The van der Waals surface area contributed by atoms with Gasteiger partial charge in [-0.3, -0.25) is 4.79 Å². The molecule has 9 heteroatoms. The predicted octanol–water partition coefficient (Wildman–Crippen LogP) is 4.98. The van der Waals surface area contributed by atoms with E-state index in [1.807, 2.05) is 61.2 Å². The Labute approximate surface area is 221 Å². The zero-order chi connectivity index (χ0) is 25.9. The molecule has 0 unspecified atom stereocenters. The number of nitrogens with zero attached hydrogens (tertiary/aromatic N) is 5. The highest BCUT2D eigenvalue weighted by Crippen LogP contribution is 2.30. The average molecular weight is 520 g/mol. The summed E-state index contributed by atoms with van der Waals surface area (Å²) in [6.07, 6.45) is 1.95. The van der Waals surface area contributed by atoms with E-state index in [2.05, 4.69) is 16.1 Å². The van der Waals surface area contributed by atoms with Crippen molar-refractivity contribution in [3.05, 3.63) is 70.8 Å². The van der Waals surface area contributed by atoms with E-state index in [-0.39, 0.29) is 18.6 Å². The number of carbonyl (C=O) groups excluding carboxylic acids is 1. The van der Waals surface area contributed by atoms with E-state index in [1.54, 1.807) is 11.8 Å². The van der Waals surface area contributed by atoms with Gasteiger partial charge in [-0.05, 0) is 74.7 Å². The average Bonchev–Trinajstić information content (AvgIpc) is 3.52. The fraction of sp³-hybridized carbons (Fsp3) is 0.357. The van der Waals surface area contributed by atoms with E-state index in [4.69, 9.17) is 26.1 Å². The third kappa shape index (κ3) is 5.76. The van der Waals surface area contributed by atoms with Crippen molar-refractivity contribution >= 4 is 28.4 Å². The van der Waals surface area contributed by atoms with Gasteiger partial charge in [0.25, 0.3) is 0 Å². The molecular formula is C28H30ClN5O3. The summed E-state index contributed by atoms with van der Waals surface area (Å²) in [5.74, 6) is 2.09. The summed E-state index contributed by atoms with van der Waals surface area (Å²) in [7, 11) is 1.64. The third-order valence-corrected chi connectivity index (χ3v) is 6.87. The lowest BCUT2D eigenvalue weighted by atomic mass is 10.0. The molecule has 0 saturated carbocycles. The van der Waals surface area contributed by atoms with Crippen molar-refractivity contribution in [1.82, 2.24) is 24.6 Å². The molecule has 8 nitrogen and oxygen atoms in total. The van der Waals surface area contributed by atoms with Crippen LogP contribution in [0, 0.1) is 13.8 Å². The topological polar surface area (TPSA) is 82.4 Å². The van der Waals surface area contributed by atoms with Crippen LogP contribution >= 0.6 is 11.6 Å². The molecule has 0 spiro atoms. The molecule has 1 atom stereocenters. The van der Waals surface area contributed by atoms with Gasteiger partial charge in [0, 0.05) is 35.7 Å². The molecule has 2 aromatic heterocycles. The van der Waals surface area contributed by atoms with Crippen molar-refractivity contribution in [2.45, 2.75) is 45.9 Å². The lowest BCUT2D eigenvalue weighted by Gasteiger charge is -2.27. The first-order valence-corrected chi connectivity index (χ1v) is 12.8. The zero-order valence-corrected chi connectivity index (χ0v) is 22.0. The van der Waals surface area contributed by atoms with Gasteiger partial charge in [0.2, 0.25) is 5.91 Å². The van der Waals surface area contributed by atoms with Gasteiger partial charge in [-0.1, -0.05) is 17.7 Å². The van der Waals surface area contributed by atoms with Gasteiger partial charge in [-0.2, -0.15) is 5.10 Å². The maximum atomic E-state index is 13.6. The SMILES string of the molecule is COc1ccc(-c2nc3cc(Cl)ccc3cc2CN(C[C@H]2CCCO2)C(=O)Cn2nc(C)nc2C)cc1. The molecule has 2 aromatic carbocycles. The first kappa shape index (κ1) is 25.2. The molecule has 3 heterocycles. The van der Waals surface area contributed by atoms with E-state index < -0.39 is 0 Å². The Hall–Kier alpha value is -3.49. The first-order chi connectivity index (χ1) is 17.9. The van der Waals surface area contributed by atoms with E-state index in [1.165, 1.54) is 0 Å². The monoisotopic (exact) mass is 519 g/mol. The Morgan fingerprint density at radius 2 is 1.97 bits per heavy atom. The van der Waals surface area contributed by atoms with Gasteiger partial charge in [0.15, 0.2) is 0 Å². The molecule has 1 aliphatic heterocycles. The number of pyridine rings is 1. The van der Waals surface area contributed by atoms with E-state index in [0.29, 0.717) is 29.8 Å². The summed E-state index contributed by atoms with van der Waals surface area (Å²) in [6.45, 7) is 5.42. The largest absolute Gasteiger partial charge is 0.497 e. The summed E-state index contributed by atoms with van der Waals surface area (Å²) in [6, 6.07) is 15.6. The van der Waals surface area contributed by atoms with E-state index >= 15 is 0 Å². The van der Waals surface area contributed by atoms with Crippen LogP contribution in [0.1, 0.15) is 30.1 Å². The molecule has 4 aromatic rings. The number of methoxy groups -OCH3 is 1. The number of carbonyl (C=O) groups is 1. The van der Waals surface area contributed by atoms with Crippen molar-refractivity contribution < 1.29 is 14.3 Å². The van der Waals surface area contributed by atoms with Crippen LogP contribution in [0.25, 0.3) is 22.2 Å². The second-order valence-electron chi connectivity index (χ2n) is 9.33. The van der Waals surface area contributed by atoms with Crippen molar-refractivity contribution in [3.8, 4) is 17.0 Å². The summed E-state index contributed by atoms with van der Waals surface area (Å²) in [5.41, 5.74) is 3.48. The minimum Gasteiger partial charge on any atom is -0.497 e. The van der Waals surface area contributed by atoms with Crippen molar-refractivity contribution in [1.29, 1.82) is 0 Å². The predicted molar refractivity (Wildman–Crippen MR) is 143 cm³/mol. The molecule has 1 aliphatic rings. The number of halogens is 1. The number of fused-ring (bicyclic) bond motifs is 1. The smallest absolute Gasteiger partial charge is 0.244 e. The second-order valence-corrected chi connectivity index (χ2v) is 9.77. The molecular weight excluding hydrogens is 490 g/mol. The number of ether oxygens (including phenoxy) is 2. The Bertz CT molecular complexity index is 1410.